The Morgan fingerprint density at radius 2 is 1.97 bits per heavy atom. The first-order valence-corrected chi connectivity index (χ1v) is 9.23. The number of aromatic amines is 1. The van der Waals surface area contributed by atoms with Gasteiger partial charge in [0.15, 0.2) is 17.4 Å². The van der Waals surface area contributed by atoms with E-state index >= 15 is 0 Å². The number of aliphatic hydroxyl groups excluding tert-OH is 3. The predicted molar refractivity (Wildman–Crippen MR) is 106 cm³/mol. The number of nitrogens with two attached hydrogens (primary N) is 1. The number of imidazole rings is 1. The minimum absolute atomic E-state index is 0.104. The van der Waals surface area contributed by atoms with Crippen LogP contribution >= 0.6 is 0 Å². The number of aromatic nitrogens is 4. The average Bonchev–Trinajstić information content (AvgIpc) is 3.24. The van der Waals surface area contributed by atoms with Gasteiger partial charge in [0, 0.05) is 5.56 Å². The molecule has 0 bridgehead atoms. The van der Waals surface area contributed by atoms with Crippen molar-refractivity contribution in [2.75, 3.05) is 12.3 Å². The lowest BCUT2D eigenvalue weighted by atomic mass is 10.1. The molecule has 1 fully saturated rings. The van der Waals surface area contributed by atoms with Crippen LogP contribution in [0.1, 0.15) is 22.1 Å². The molecule has 13 heteroatoms. The molecule has 1 amide bonds. The zero-order chi connectivity index (χ0) is 22.3. The number of amides is 1. The quantitative estimate of drug-likeness (QED) is 0.340. The highest BCUT2D eigenvalue weighted by molar-refractivity contribution is 5.94. The third kappa shape index (κ3) is 3.70. The number of azo groups is 1. The average molecular weight is 429 g/mol. The third-order valence-electron chi connectivity index (χ3n) is 4.85. The third-order valence-corrected chi connectivity index (χ3v) is 4.85. The van der Waals surface area contributed by atoms with E-state index < -0.39 is 42.6 Å². The molecule has 31 heavy (non-hydrogen) atoms. The molecule has 0 spiro atoms. The Morgan fingerprint density at radius 1 is 1.26 bits per heavy atom. The first-order valence-electron chi connectivity index (χ1n) is 9.23. The summed E-state index contributed by atoms with van der Waals surface area (Å²) >= 11 is 0. The number of aryl methyl sites for hydroxylation is 1. The standard InChI is InChI=1S/C18H19N7O6/c1-7-2-4-8(5-3-7)14(29)23-24-18-20-10-13(21-17(19)22-15(10)30)25(18)16-12(28)11(27)9(6-26)31-16/h2-5,9,11-12,16,26-28H,6H2,1H3,(H3,19,21,22,30)/b24-23+/t9-,11-,12-,16-/m1/s1. The second-order valence-corrected chi connectivity index (χ2v) is 7.01. The number of nitrogen functional groups attached to an aromatic ring is 1. The molecule has 0 radical (unpaired) electrons. The van der Waals surface area contributed by atoms with Crippen LogP contribution in [-0.4, -0.2) is 65.7 Å². The monoisotopic (exact) mass is 429 g/mol. The minimum atomic E-state index is -1.52. The van der Waals surface area contributed by atoms with E-state index in [-0.39, 0.29) is 28.6 Å². The summed E-state index contributed by atoms with van der Waals surface area (Å²) in [5.41, 5.74) is 5.88. The van der Waals surface area contributed by atoms with E-state index in [2.05, 4.69) is 25.2 Å². The minimum Gasteiger partial charge on any atom is -0.394 e. The maximum atomic E-state index is 12.4. The Bertz CT molecular complexity index is 1220. The second kappa shape index (κ2) is 7.96. The van der Waals surface area contributed by atoms with Gasteiger partial charge in [-0.3, -0.25) is 19.1 Å². The van der Waals surface area contributed by atoms with Gasteiger partial charge in [-0.05, 0) is 19.1 Å². The van der Waals surface area contributed by atoms with Gasteiger partial charge in [-0.1, -0.05) is 17.7 Å². The Balaban J connectivity index is 1.80. The van der Waals surface area contributed by atoms with Crippen molar-refractivity contribution in [3.05, 3.63) is 45.7 Å². The van der Waals surface area contributed by atoms with Gasteiger partial charge in [-0.25, -0.2) is 4.98 Å². The molecule has 13 nitrogen and oxygen atoms in total. The molecule has 1 aliphatic rings. The lowest BCUT2D eigenvalue weighted by Crippen LogP contribution is -2.33. The molecule has 1 aromatic carbocycles. The molecular weight excluding hydrogens is 410 g/mol. The highest BCUT2D eigenvalue weighted by atomic mass is 16.6. The fraction of sp³-hybridized carbons (Fsp3) is 0.333. The zero-order valence-corrected chi connectivity index (χ0v) is 16.2. The highest BCUT2D eigenvalue weighted by Gasteiger charge is 2.45. The van der Waals surface area contributed by atoms with Crippen molar-refractivity contribution in [2.45, 2.75) is 31.5 Å². The van der Waals surface area contributed by atoms with Crippen LogP contribution in [0.5, 0.6) is 0 Å². The van der Waals surface area contributed by atoms with Gasteiger partial charge in [0.25, 0.3) is 17.4 Å². The first-order chi connectivity index (χ1) is 14.8. The fourth-order valence-electron chi connectivity index (χ4n) is 3.23. The number of benzene rings is 1. The summed E-state index contributed by atoms with van der Waals surface area (Å²) in [6.45, 7) is 1.30. The maximum Gasteiger partial charge on any atom is 0.295 e. The van der Waals surface area contributed by atoms with Crippen LogP contribution in [-0.2, 0) is 4.74 Å². The number of aliphatic hydroxyl groups is 3. The normalized spacial score (nSPS) is 23.7. The first kappa shape index (κ1) is 20.7. The van der Waals surface area contributed by atoms with Gasteiger partial charge in [-0.2, -0.15) is 4.98 Å². The van der Waals surface area contributed by atoms with Crippen LogP contribution in [0.4, 0.5) is 11.9 Å². The summed E-state index contributed by atoms with van der Waals surface area (Å²) in [5.74, 6) is -1.18. The van der Waals surface area contributed by atoms with Crippen molar-refractivity contribution in [3.63, 3.8) is 0 Å². The van der Waals surface area contributed by atoms with Crippen LogP contribution in [0.15, 0.2) is 39.3 Å². The number of carbonyl (C=O) groups excluding carboxylic acids is 1. The number of nitrogens with one attached hydrogen (secondary N) is 1. The molecule has 0 saturated carbocycles. The summed E-state index contributed by atoms with van der Waals surface area (Å²) in [4.78, 5) is 34.9. The largest absolute Gasteiger partial charge is 0.394 e. The van der Waals surface area contributed by atoms with Crippen LogP contribution in [0.25, 0.3) is 11.2 Å². The van der Waals surface area contributed by atoms with Gasteiger partial charge in [-0.15, -0.1) is 10.2 Å². The molecule has 3 aromatic rings. The second-order valence-electron chi connectivity index (χ2n) is 7.01. The molecule has 6 N–H and O–H groups in total. The van der Waals surface area contributed by atoms with Crippen molar-refractivity contribution < 1.29 is 24.9 Å². The fourth-order valence-corrected chi connectivity index (χ4v) is 3.23. The molecule has 1 aliphatic heterocycles. The Hall–Kier alpha value is -3.52. The van der Waals surface area contributed by atoms with Crippen LogP contribution in [0.3, 0.4) is 0 Å². The summed E-state index contributed by atoms with van der Waals surface area (Å²) in [6.07, 6.45) is -5.37. The molecule has 1 saturated heterocycles. The van der Waals surface area contributed by atoms with E-state index in [4.69, 9.17) is 10.5 Å². The molecule has 4 atom stereocenters. The Labute approximate surface area is 173 Å². The van der Waals surface area contributed by atoms with E-state index in [1.54, 1.807) is 24.3 Å². The van der Waals surface area contributed by atoms with E-state index in [0.717, 1.165) is 10.1 Å². The molecule has 3 heterocycles. The predicted octanol–water partition coefficient (Wildman–Crippen LogP) is -0.454. The smallest absolute Gasteiger partial charge is 0.295 e. The Morgan fingerprint density at radius 3 is 2.61 bits per heavy atom. The number of H-pyrrole nitrogens is 1. The van der Waals surface area contributed by atoms with Gasteiger partial charge < -0.3 is 25.8 Å². The number of anilines is 1. The number of hydrogen-bond donors (Lipinski definition) is 5. The number of carbonyl (C=O) groups is 1. The van der Waals surface area contributed by atoms with Gasteiger partial charge in [0.2, 0.25) is 5.95 Å². The molecule has 162 valence electrons. The molecule has 2 aromatic heterocycles. The molecule has 0 aliphatic carbocycles. The summed E-state index contributed by atoms with van der Waals surface area (Å²) in [6, 6.07) is 6.64. The summed E-state index contributed by atoms with van der Waals surface area (Å²) in [7, 11) is 0. The van der Waals surface area contributed by atoms with Crippen molar-refractivity contribution >= 4 is 29.0 Å². The van der Waals surface area contributed by atoms with Crippen LogP contribution in [0, 0.1) is 6.92 Å². The lowest BCUT2D eigenvalue weighted by Gasteiger charge is -2.17. The number of rotatable bonds is 4. The number of ether oxygens (including phenoxy) is 1. The molecule has 4 rings (SSSR count). The number of fused-ring (bicyclic) bond motifs is 1. The summed E-state index contributed by atoms with van der Waals surface area (Å²) in [5, 5.41) is 37.3. The van der Waals surface area contributed by atoms with Crippen molar-refractivity contribution in [3.8, 4) is 0 Å². The van der Waals surface area contributed by atoms with E-state index in [9.17, 15) is 24.9 Å². The Kier molecular flexibility index (Phi) is 5.32. The van der Waals surface area contributed by atoms with Gasteiger partial charge in [0.1, 0.15) is 18.3 Å². The van der Waals surface area contributed by atoms with Crippen LogP contribution < -0.4 is 11.3 Å². The maximum absolute atomic E-state index is 12.4. The van der Waals surface area contributed by atoms with Crippen molar-refractivity contribution in [1.29, 1.82) is 0 Å². The van der Waals surface area contributed by atoms with E-state index in [0.29, 0.717) is 0 Å². The number of hydrogen-bond acceptors (Lipinski definition) is 10. The van der Waals surface area contributed by atoms with Crippen LogP contribution in [0.2, 0.25) is 0 Å². The topological polar surface area (TPSA) is 201 Å². The molecular formula is C18H19N7O6. The summed E-state index contributed by atoms with van der Waals surface area (Å²) < 4.78 is 6.60. The SMILES string of the molecule is Cc1ccc(C(=O)/N=N/c2nc3c(=O)[nH]c(N)nc3n2[C@@H]2O[C@H](CO)[C@@H](O)[C@H]2O)cc1. The van der Waals surface area contributed by atoms with E-state index in [1.165, 1.54) is 0 Å². The van der Waals surface area contributed by atoms with Gasteiger partial charge in [0.05, 0.1) is 6.61 Å². The lowest BCUT2D eigenvalue weighted by molar-refractivity contribution is -0.0503. The highest BCUT2D eigenvalue weighted by Crippen LogP contribution is 2.34. The molecule has 0 unspecified atom stereocenters. The van der Waals surface area contributed by atoms with Crippen molar-refractivity contribution in [1.82, 2.24) is 19.5 Å². The van der Waals surface area contributed by atoms with E-state index in [1.807, 2.05) is 6.92 Å². The van der Waals surface area contributed by atoms with Gasteiger partial charge >= 0.3 is 0 Å². The zero-order valence-electron chi connectivity index (χ0n) is 16.2. The number of nitrogens with zero attached hydrogens (tertiary/aromatic N) is 5. The van der Waals surface area contributed by atoms with Crippen molar-refractivity contribution in [2.24, 2.45) is 10.2 Å².